The van der Waals surface area contributed by atoms with E-state index >= 15 is 0 Å². The molecule has 0 fully saturated rings. The number of nitrogens with one attached hydrogen (secondary N) is 1. The Bertz CT molecular complexity index is 601. The third-order valence-corrected chi connectivity index (χ3v) is 3.83. The Hall–Kier alpha value is -2.07. The summed E-state index contributed by atoms with van der Waals surface area (Å²) in [6.07, 6.45) is 6.39. The number of hydrogen-bond acceptors (Lipinski definition) is 3. The normalized spacial score (nSPS) is 10.8. The lowest BCUT2D eigenvalue weighted by atomic mass is 10.1. The van der Waals surface area contributed by atoms with Gasteiger partial charge in [-0.25, -0.2) is 4.79 Å². The molecule has 4 nitrogen and oxygen atoms in total. The molecule has 0 radical (unpaired) electrons. The number of benzene rings is 1. The van der Waals surface area contributed by atoms with Gasteiger partial charge in [-0.05, 0) is 37.2 Å². The first kappa shape index (κ1) is 17.3. The molecule has 0 aliphatic heterocycles. The third kappa shape index (κ3) is 5.57. The number of unbranched alkanes of at least 4 members (excludes halogenated alkanes) is 4. The van der Waals surface area contributed by atoms with Crippen LogP contribution in [0.2, 0.25) is 0 Å². The maximum Gasteiger partial charge on any atom is 0.335 e. The van der Waals surface area contributed by atoms with Crippen molar-refractivity contribution in [3.63, 3.8) is 0 Å². The van der Waals surface area contributed by atoms with Crippen LogP contribution in [0.1, 0.15) is 55.1 Å². The van der Waals surface area contributed by atoms with E-state index in [1.807, 2.05) is 12.1 Å². The van der Waals surface area contributed by atoms with E-state index in [1.54, 1.807) is 24.3 Å². The summed E-state index contributed by atoms with van der Waals surface area (Å²) in [6.45, 7) is 3.95. The molecular formula is C19H25NO3. The molecule has 1 heterocycles. The molecule has 0 saturated heterocycles. The summed E-state index contributed by atoms with van der Waals surface area (Å²) in [4.78, 5) is 10.9. The zero-order chi connectivity index (χ0) is 16.5. The van der Waals surface area contributed by atoms with Crippen molar-refractivity contribution >= 4 is 5.97 Å². The summed E-state index contributed by atoms with van der Waals surface area (Å²) in [5.41, 5.74) is 1.17. The van der Waals surface area contributed by atoms with Crippen molar-refractivity contribution in [3.8, 4) is 11.3 Å². The third-order valence-electron chi connectivity index (χ3n) is 3.83. The van der Waals surface area contributed by atoms with Gasteiger partial charge in [-0.2, -0.15) is 0 Å². The lowest BCUT2D eigenvalue weighted by molar-refractivity contribution is 0.0697. The molecular weight excluding hydrogens is 290 g/mol. The van der Waals surface area contributed by atoms with Crippen molar-refractivity contribution in [3.05, 3.63) is 47.7 Å². The van der Waals surface area contributed by atoms with E-state index in [-0.39, 0.29) is 5.56 Å². The zero-order valence-corrected chi connectivity index (χ0v) is 13.7. The van der Waals surface area contributed by atoms with E-state index in [2.05, 4.69) is 12.2 Å². The zero-order valence-electron chi connectivity index (χ0n) is 13.7. The molecule has 23 heavy (non-hydrogen) atoms. The average Bonchev–Trinajstić information content (AvgIpc) is 3.03. The van der Waals surface area contributed by atoms with Crippen molar-refractivity contribution in [2.75, 3.05) is 6.54 Å². The summed E-state index contributed by atoms with van der Waals surface area (Å²) in [7, 11) is 0. The van der Waals surface area contributed by atoms with Crippen LogP contribution in [-0.4, -0.2) is 17.6 Å². The molecule has 2 rings (SSSR count). The second-order valence-electron chi connectivity index (χ2n) is 5.74. The number of aromatic carboxylic acids is 1. The lowest BCUT2D eigenvalue weighted by Gasteiger charge is -2.03. The van der Waals surface area contributed by atoms with Crippen LogP contribution in [0, 0.1) is 0 Å². The Kier molecular flexibility index (Phi) is 6.88. The summed E-state index contributed by atoms with van der Waals surface area (Å²) in [6, 6.07) is 10.6. The van der Waals surface area contributed by atoms with Gasteiger partial charge in [-0.1, -0.05) is 44.7 Å². The first-order valence-electron chi connectivity index (χ1n) is 8.34. The molecule has 0 unspecified atom stereocenters. The highest BCUT2D eigenvalue weighted by Crippen LogP contribution is 2.22. The number of hydrogen-bond donors (Lipinski definition) is 2. The van der Waals surface area contributed by atoms with Gasteiger partial charge >= 0.3 is 5.97 Å². The Balaban J connectivity index is 1.78. The lowest BCUT2D eigenvalue weighted by Crippen LogP contribution is -2.14. The van der Waals surface area contributed by atoms with Crippen molar-refractivity contribution in [2.24, 2.45) is 0 Å². The van der Waals surface area contributed by atoms with Gasteiger partial charge in [0.1, 0.15) is 11.5 Å². The SMILES string of the molecule is CCCCCCCNCc1ccc(-c2ccc(C(=O)O)cc2)o1. The van der Waals surface area contributed by atoms with Crippen LogP contribution < -0.4 is 5.32 Å². The molecule has 2 aromatic rings. The molecule has 1 aromatic heterocycles. The monoisotopic (exact) mass is 315 g/mol. The van der Waals surface area contributed by atoms with Crippen LogP contribution in [0.15, 0.2) is 40.8 Å². The highest BCUT2D eigenvalue weighted by molar-refractivity contribution is 5.88. The second kappa shape index (κ2) is 9.16. The molecule has 0 spiro atoms. The minimum atomic E-state index is -0.917. The number of furan rings is 1. The van der Waals surface area contributed by atoms with Crippen LogP contribution in [0.5, 0.6) is 0 Å². The Morgan fingerprint density at radius 2 is 1.78 bits per heavy atom. The van der Waals surface area contributed by atoms with Crippen LogP contribution in [0.25, 0.3) is 11.3 Å². The second-order valence-corrected chi connectivity index (χ2v) is 5.74. The smallest absolute Gasteiger partial charge is 0.335 e. The molecule has 0 amide bonds. The van der Waals surface area contributed by atoms with E-state index in [0.717, 1.165) is 30.2 Å². The molecule has 2 N–H and O–H groups in total. The quantitative estimate of drug-likeness (QED) is 0.624. The Morgan fingerprint density at radius 3 is 2.48 bits per heavy atom. The minimum Gasteiger partial charge on any atom is -0.478 e. The van der Waals surface area contributed by atoms with Gasteiger partial charge < -0.3 is 14.8 Å². The first-order valence-corrected chi connectivity index (χ1v) is 8.34. The fraction of sp³-hybridized carbons (Fsp3) is 0.421. The molecule has 0 atom stereocenters. The van der Waals surface area contributed by atoms with Gasteiger partial charge in [0.2, 0.25) is 0 Å². The van der Waals surface area contributed by atoms with Gasteiger partial charge in [0, 0.05) is 5.56 Å². The maximum atomic E-state index is 10.9. The molecule has 4 heteroatoms. The van der Waals surface area contributed by atoms with E-state index in [0.29, 0.717) is 0 Å². The van der Waals surface area contributed by atoms with E-state index in [9.17, 15) is 4.79 Å². The summed E-state index contributed by atoms with van der Waals surface area (Å²) in [5, 5.41) is 12.3. The van der Waals surface area contributed by atoms with Gasteiger partial charge in [-0.15, -0.1) is 0 Å². The van der Waals surface area contributed by atoms with Crippen molar-refractivity contribution in [1.82, 2.24) is 5.32 Å². The predicted octanol–water partition coefficient (Wildman–Crippen LogP) is 4.70. The largest absolute Gasteiger partial charge is 0.478 e. The number of carboxylic acid groups (broad SMARTS) is 1. The highest BCUT2D eigenvalue weighted by Gasteiger charge is 2.07. The van der Waals surface area contributed by atoms with Crippen LogP contribution in [0.4, 0.5) is 0 Å². The molecule has 0 bridgehead atoms. The van der Waals surface area contributed by atoms with Gasteiger partial charge in [0.25, 0.3) is 0 Å². The highest BCUT2D eigenvalue weighted by atomic mass is 16.4. The van der Waals surface area contributed by atoms with Crippen LogP contribution in [0.3, 0.4) is 0 Å². The first-order chi connectivity index (χ1) is 11.2. The average molecular weight is 315 g/mol. The van der Waals surface area contributed by atoms with Crippen LogP contribution in [-0.2, 0) is 6.54 Å². The summed E-state index contributed by atoms with van der Waals surface area (Å²) < 4.78 is 5.81. The Morgan fingerprint density at radius 1 is 1.04 bits per heavy atom. The van der Waals surface area contributed by atoms with Gasteiger partial charge in [-0.3, -0.25) is 0 Å². The van der Waals surface area contributed by atoms with Crippen molar-refractivity contribution < 1.29 is 14.3 Å². The fourth-order valence-electron chi connectivity index (χ4n) is 2.47. The van der Waals surface area contributed by atoms with Gasteiger partial charge in [0.15, 0.2) is 0 Å². The van der Waals surface area contributed by atoms with E-state index in [4.69, 9.17) is 9.52 Å². The number of rotatable bonds is 10. The van der Waals surface area contributed by atoms with Crippen molar-refractivity contribution in [1.29, 1.82) is 0 Å². The molecule has 0 aliphatic carbocycles. The van der Waals surface area contributed by atoms with Crippen LogP contribution >= 0.6 is 0 Å². The summed E-state index contributed by atoms with van der Waals surface area (Å²) in [5.74, 6) is 0.748. The topological polar surface area (TPSA) is 62.5 Å². The molecule has 0 aliphatic rings. The van der Waals surface area contributed by atoms with Gasteiger partial charge in [0.05, 0.1) is 12.1 Å². The minimum absolute atomic E-state index is 0.283. The fourth-order valence-corrected chi connectivity index (χ4v) is 2.47. The maximum absolute atomic E-state index is 10.9. The molecule has 124 valence electrons. The number of carbonyl (C=O) groups is 1. The van der Waals surface area contributed by atoms with E-state index < -0.39 is 5.97 Å². The Labute approximate surface area is 137 Å². The number of carboxylic acids is 1. The molecule has 0 saturated carbocycles. The standard InChI is InChI=1S/C19H25NO3/c1-2-3-4-5-6-13-20-14-17-11-12-18(23-17)15-7-9-16(10-8-15)19(21)22/h7-12,20H,2-6,13-14H2,1H3,(H,21,22). The van der Waals surface area contributed by atoms with E-state index in [1.165, 1.54) is 32.1 Å². The summed E-state index contributed by atoms with van der Waals surface area (Å²) >= 11 is 0. The predicted molar refractivity (Wildman–Crippen MR) is 91.6 cm³/mol. The van der Waals surface area contributed by atoms with Crippen molar-refractivity contribution in [2.45, 2.75) is 45.6 Å². The molecule has 1 aromatic carbocycles.